The van der Waals surface area contributed by atoms with Gasteiger partial charge in [0.05, 0.1) is 6.26 Å². The fraction of sp³-hybridized carbons (Fsp3) is 0.240. The smallest absolute Gasteiger partial charge is 0.261 e. The highest BCUT2D eigenvalue weighted by molar-refractivity contribution is 6.25. The van der Waals surface area contributed by atoms with E-state index in [0.717, 1.165) is 10.8 Å². The summed E-state index contributed by atoms with van der Waals surface area (Å²) in [5.41, 5.74) is 1.16. The number of carbonyl (C=O) groups is 3. The summed E-state index contributed by atoms with van der Waals surface area (Å²) in [4.78, 5) is 43.7. The van der Waals surface area contributed by atoms with Crippen molar-refractivity contribution in [1.82, 2.24) is 14.7 Å². The molecular formula is C25H23N3O4. The first-order valence-corrected chi connectivity index (χ1v) is 10.7. The van der Waals surface area contributed by atoms with E-state index in [4.69, 9.17) is 4.42 Å². The summed E-state index contributed by atoms with van der Waals surface area (Å²) in [5.74, 6) is 0.115. The Balaban J connectivity index is 1.19. The highest BCUT2D eigenvalue weighted by atomic mass is 16.3. The third-order valence-electron chi connectivity index (χ3n) is 6.11. The molecule has 3 aromatic rings. The van der Waals surface area contributed by atoms with Crippen LogP contribution in [-0.2, 0) is 4.79 Å². The van der Waals surface area contributed by atoms with Gasteiger partial charge in [0.2, 0.25) is 5.91 Å². The highest BCUT2D eigenvalue weighted by Gasteiger charge is 2.33. The molecule has 7 heteroatoms. The van der Waals surface area contributed by atoms with Gasteiger partial charge < -0.3 is 9.32 Å². The number of hydrogen-bond donors (Lipinski definition) is 0. The Labute approximate surface area is 185 Å². The molecule has 2 aliphatic heterocycles. The van der Waals surface area contributed by atoms with Gasteiger partial charge in [-0.25, -0.2) is 0 Å². The van der Waals surface area contributed by atoms with E-state index in [9.17, 15) is 14.4 Å². The molecule has 0 atom stereocenters. The van der Waals surface area contributed by atoms with E-state index in [1.807, 2.05) is 24.3 Å². The lowest BCUT2D eigenvalue weighted by molar-refractivity contribution is -0.127. The molecule has 1 saturated heterocycles. The molecule has 3 amide bonds. The van der Waals surface area contributed by atoms with Gasteiger partial charge in [0, 0.05) is 61.9 Å². The number of piperazine rings is 1. The zero-order valence-electron chi connectivity index (χ0n) is 17.6. The standard InChI is InChI=1S/C25H23N3O4/c29-22(10-9-19-6-3-17-32-19)27-14-11-26(12-15-27)13-16-28-24(30)20-7-1-4-18-5-2-8-21(23(18)20)25(28)31/h1-10,17H,11-16H2. The minimum atomic E-state index is -0.240. The van der Waals surface area contributed by atoms with Crippen LogP contribution in [0.25, 0.3) is 16.8 Å². The number of amides is 3. The second-order valence-corrected chi connectivity index (χ2v) is 7.99. The minimum Gasteiger partial charge on any atom is -0.465 e. The van der Waals surface area contributed by atoms with Gasteiger partial charge in [-0.3, -0.25) is 24.2 Å². The predicted octanol–water partition coefficient (Wildman–Crippen LogP) is 2.89. The summed E-state index contributed by atoms with van der Waals surface area (Å²) in [7, 11) is 0. The van der Waals surface area contributed by atoms with Crippen molar-refractivity contribution in [2.75, 3.05) is 39.3 Å². The van der Waals surface area contributed by atoms with Crippen LogP contribution in [-0.4, -0.2) is 71.7 Å². The Hall–Kier alpha value is -3.71. The largest absolute Gasteiger partial charge is 0.465 e. The number of hydrogen-bond acceptors (Lipinski definition) is 5. The summed E-state index contributed by atoms with van der Waals surface area (Å²) in [5, 5.41) is 1.65. The van der Waals surface area contributed by atoms with Crippen LogP contribution in [0.1, 0.15) is 26.5 Å². The lowest BCUT2D eigenvalue weighted by Gasteiger charge is -2.35. The van der Waals surface area contributed by atoms with Crippen molar-refractivity contribution in [2.24, 2.45) is 0 Å². The van der Waals surface area contributed by atoms with Gasteiger partial charge in [-0.15, -0.1) is 0 Å². The maximum Gasteiger partial charge on any atom is 0.261 e. The van der Waals surface area contributed by atoms with Gasteiger partial charge in [-0.05, 0) is 35.7 Å². The molecule has 1 aromatic heterocycles. The number of rotatable bonds is 5. The Morgan fingerprint density at radius 2 is 1.56 bits per heavy atom. The van der Waals surface area contributed by atoms with Crippen LogP contribution in [0.2, 0.25) is 0 Å². The van der Waals surface area contributed by atoms with E-state index < -0.39 is 0 Å². The van der Waals surface area contributed by atoms with Crippen LogP contribution >= 0.6 is 0 Å². The molecule has 0 spiro atoms. The zero-order valence-corrected chi connectivity index (χ0v) is 17.6. The molecule has 0 saturated carbocycles. The topological polar surface area (TPSA) is 74.1 Å². The van der Waals surface area contributed by atoms with Crippen molar-refractivity contribution < 1.29 is 18.8 Å². The van der Waals surface area contributed by atoms with E-state index in [1.54, 1.807) is 41.5 Å². The second-order valence-electron chi connectivity index (χ2n) is 7.99. The molecule has 162 valence electrons. The highest BCUT2D eigenvalue weighted by Crippen LogP contribution is 2.29. The number of furan rings is 1. The van der Waals surface area contributed by atoms with Crippen LogP contribution in [0, 0.1) is 0 Å². The lowest BCUT2D eigenvalue weighted by atomic mass is 9.94. The predicted molar refractivity (Wildman–Crippen MR) is 120 cm³/mol. The van der Waals surface area contributed by atoms with Gasteiger partial charge in [0.15, 0.2) is 0 Å². The number of carbonyl (C=O) groups excluding carboxylic acids is 3. The van der Waals surface area contributed by atoms with Crippen molar-refractivity contribution in [3.8, 4) is 0 Å². The molecule has 7 nitrogen and oxygen atoms in total. The fourth-order valence-electron chi connectivity index (χ4n) is 4.36. The van der Waals surface area contributed by atoms with Gasteiger partial charge in [-0.1, -0.05) is 24.3 Å². The first-order chi connectivity index (χ1) is 15.6. The third kappa shape index (κ3) is 3.71. The third-order valence-corrected chi connectivity index (χ3v) is 6.11. The molecule has 0 bridgehead atoms. The van der Waals surface area contributed by atoms with Crippen LogP contribution in [0.15, 0.2) is 65.3 Å². The molecular weight excluding hydrogens is 406 g/mol. The fourth-order valence-corrected chi connectivity index (χ4v) is 4.36. The molecule has 0 aliphatic carbocycles. The molecule has 1 fully saturated rings. The van der Waals surface area contributed by atoms with Gasteiger partial charge >= 0.3 is 0 Å². The Kier molecular flexibility index (Phi) is 5.33. The molecule has 32 heavy (non-hydrogen) atoms. The SMILES string of the molecule is O=C(C=Cc1ccco1)N1CCN(CCN2C(=O)c3cccc4cccc(c34)C2=O)CC1. The van der Waals surface area contributed by atoms with Crippen LogP contribution in [0.5, 0.6) is 0 Å². The van der Waals surface area contributed by atoms with Gasteiger partial charge in [-0.2, -0.15) is 0 Å². The van der Waals surface area contributed by atoms with Crippen LogP contribution in [0.3, 0.4) is 0 Å². The Bertz CT molecular complexity index is 1160. The average molecular weight is 429 g/mol. The minimum absolute atomic E-state index is 0.0489. The van der Waals surface area contributed by atoms with Crippen LogP contribution in [0.4, 0.5) is 0 Å². The van der Waals surface area contributed by atoms with Crippen molar-refractivity contribution >= 4 is 34.6 Å². The average Bonchev–Trinajstić information content (AvgIpc) is 3.35. The van der Waals surface area contributed by atoms with E-state index >= 15 is 0 Å². The number of imide groups is 1. The second kappa shape index (κ2) is 8.43. The summed E-state index contributed by atoms with van der Waals surface area (Å²) >= 11 is 0. The first-order valence-electron chi connectivity index (χ1n) is 10.7. The monoisotopic (exact) mass is 429 g/mol. The van der Waals surface area contributed by atoms with E-state index in [1.165, 1.54) is 11.0 Å². The van der Waals surface area contributed by atoms with Crippen molar-refractivity contribution in [3.63, 3.8) is 0 Å². The van der Waals surface area contributed by atoms with Crippen LogP contribution < -0.4 is 0 Å². The molecule has 5 rings (SSSR count). The molecule has 0 radical (unpaired) electrons. The maximum atomic E-state index is 13.0. The Morgan fingerprint density at radius 1 is 0.875 bits per heavy atom. The van der Waals surface area contributed by atoms with Crippen molar-refractivity contribution in [3.05, 3.63) is 77.8 Å². The van der Waals surface area contributed by atoms with E-state index in [-0.39, 0.29) is 17.7 Å². The lowest BCUT2D eigenvalue weighted by Crippen LogP contribution is -2.51. The van der Waals surface area contributed by atoms with Crippen molar-refractivity contribution in [1.29, 1.82) is 0 Å². The summed E-state index contributed by atoms with van der Waals surface area (Å²) in [6, 6.07) is 14.7. The molecule has 2 aromatic carbocycles. The number of benzene rings is 2. The number of nitrogens with zero attached hydrogens (tertiary/aromatic N) is 3. The van der Waals surface area contributed by atoms with Crippen molar-refractivity contribution in [2.45, 2.75) is 0 Å². The molecule has 2 aliphatic rings. The summed E-state index contributed by atoms with van der Waals surface area (Å²) in [6.07, 6.45) is 4.76. The molecule has 0 unspecified atom stereocenters. The molecule has 0 N–H and O–H groups in total. The molecule has 3 heterocycles. The summed E-state index contributed by atoms with van der Waals surface area (Å²) < 4.78 is 5.21. The zero-order chi connectivity index (χ0) is 22.1. The normalized spacial score (nSPS) is 17.0. The van der Waals surface area contributed by atoms with Gasteiger partial charge in [0.1, 0.15) is 5.76 Å². The van der Waals surface area contributed by atoms with E-state index in [0.29, 0.717) is 56.2 Å². The maximum absolute atomic E-state index is 13.0. The van der Waals surface area contributed by atoms with Gasteiger partial charge in [0.25, 0.3) is 11.8 Å². The Morgan fingerprint density at radius 3 is 2.19 bits per heavy atom. The van der Waals surface area contributed by atoms with E-state index in [2.05, 4.69) is 4.90 Å². The summed E-state index contributed by atoms with van der Waals surface area (Å²) in [6.45, 7) is 3.51. The first kappa shape index (κ1) is 20.2. The quantitative estimate of drug-likeness (QED) is 0.461.